The van der Waals surface area contributed by atoms with Gasteiger partial charge in [0, 0.05) is 6.54 Å². The predicted molar refractivity (Wildman–Crippen MR) is 84.5 cm³/mol. The number of ether oxygens (including phenoxy) is 1. The van der Waals surface area contributed by atoms with Crippen molar-refractivity contribution >= 4 is 29.2 Å². The molecule has 1 saturated heterocycles. The van der Waals surface area contributed by atoms with Gasteiger partial charge in [0.2, 0.25) is 0 Å². The van der Waals surface area contributed by atoms with Crippen LogP contribution >= 0.6 is 23.2 Å². The van der Waals surface area contributed by atoms with Gasteiger partial charge < -0.3 is 20.1 Å². The number of carbonyl (C=O) groups excluding carboxylic acids is 1. The molecule has 7 heteroatoms. The molecule has 5 nitrogen and oxygen atoms in total. The van der Waals surface area contributed by atoms with Gasteiger partial charge in [-0.2, -0.15) is 0 Å². The number of carbonyl (C=O) groups is 1. The summed E-state index contributed by atoms with van der Waals surface area (Å²) in [5, 5.41) is 13.3. The molecule has 0 radical (unpaired) electrons. The van der Waals surface area contributed by atoms with E-state index in [4.69, 9.17) is 33.0 Å². The summed E-state index contributed by atoms with van der Waals surface area (Å²) in [4.78, 5) is 14.1. The molecule has 2 atom stereocenters. The van der Waals surface area contributed by atoms with E-state index in [2.05, 4.69) is 5.32 Å². The lowest BCUT2D eigenvalue weighted by Crippen LogP contribution is -2.51. The molecule has 22 heavy (non-hydrogen) atoms. The van der Waals surface area contributed by atoms with Crippen molar-refractivity contribution in [3.63, 3.8) is 0 Å². The maximum Gasteiger partial charge on any atom is 0.318 e. The first-order chi connectivity index (χ1) is 10.6. The highest BCUT2D eigenvalue weighted by Crippen LogP contribution is 2.39. The minimum atomic E-state index is -0.302. The summed E-state index contributed by atoms with van der Waals surface area (Å²) in [5.41, 5.74) is 2.06. The molecule has 0 saturated carbocycles. The second-order valence-electron chi connectivity index (χ2n) is 5.59. The van der Waals surface area contributed by atoms with E-state index in [0.29, 0.717) is 29.7 Å². The molecule has 1 aromatic rings. The van der Waals surface area contributed by atoms with E-state index in [1.165, 1.54) is 0 Å². The standard InChI is InChI=1S/C15H18Cl2N2O3/c16-12-3-1-10-11(14(12)17)2-4-13(10)18-15(21)19-5-6-22-9(7-19)8-20/h1,3,9,13,20H,2,4-8H2,(H,18,21)/t9-,13-/m0/s1. The monoisotopic (exact) mass is 344 g/mol. The third-order valence-electron chi connectivity index (χ3n) is 4.22. The molecule has 0 spiro atoms. The third-order valence-corrected chi connectivity index (χ3v) is 5.06. The lowest BCUT2D eigenvalue weighted by Gasteiger charge is -2.33. The van der Waals surface area contributed by atoms with Crippen molar-refractivity contribution in [2.75, 3.05) is 26.3 Å². The fourth-order valence-electron chi connectivity index (χ4n) is 3.04. The summed E-state index contributed by atoms with van der Waals surface area (Å²) in [6.45, 7) is 1.30. The SMILES string of the molecule is O=C(N[C@H]1CCc2c1ccc(Cl)c2Cl)N1CCO[C@H](CO)C1. The van der Waals surface area contributed by atoms with Crippen LogP contribution in [0.25, 0.3) is 0 Å². The largest absolute Gasteiger partial charge is 0.394 e. The zero-order valence-corrected chi connectivity index (χ0v) is 13.5. The maximum atomic E-state index is 12.4. The van der Waals surface area contributed by atoms with Crippen LogP contribution in [0.2, 0.25) is 10.0 Å². The first-order valence-corrected chi connectivity index (χ1v) is 8.10. The first-order valence-electron chi connectivity index (χ1n) is 7.35. The summed E-state index contributed by atoms with van der Waals surface area (Å²) < 4.78 is 5.36. The molecule has 0 aromatic heterocycles. The van der Waals surface area contributed by atoms with Crippen LogP contribution in [-0.2, 0) is 11.2 Å². The number of hydrogen-bond donors (Lipinski definition) is 2. The van der Waals surface area contributed by atoms with Crippen molar-refractivity contribution in [1.29, 1.82) is 0 Å². The highest BCUT2D eigenvalue weighted by Gasteiger charge is 2.30. The van der Waals surface area contributed by atoms with Gasteiger partial charge in [-0.25, -0.2) is 4.79 Å². The Hall–Kier alpha value is -1.01. The number of halogens is 2. The molecule has 2 aliphatic rings. The van der Waals surface area contributed by atoms with Gasteiger partial charge >= 0.3 is 6.03 Å². The van der Waals surface area contributed by atoms with Crippen LogP contribution in [0, 0.1) is 0 Å². The number of hydrogen-bond acceptors (Lipinski definition) is 3. The van der Waals surface area contributed by atoms with Crippen molar-refractivity contribution in [3.8, 4) is 0 Å². The summed E-state index contributed by atoms with van der Waals surface area (Å²) in [5.74, 6) is 0. The number of nitrogens with one attached hydrogen (secondary N) is 1. The van der Waals surface area contributed by atoms with Crippen LogP contribution in [0.1, 0.15) is 23.6 Å². The fourth-order valence-corrected chi connectivity index (χ4v) is 3.48. The van der Waals surface area contributed by atoms with Gasteiger partial charge in [-0.1, -0.05) is 29.3 Å². The lowest BCUT2D eigenvalue weighted by atomic mass is 10.1. The molecule has 1 aliphatic carbocycles. The molecule has 3 rings (SSSR count). The zero-order valence-electron chi connectivity index (χ0n) is 12.0. The van der Waals surface area contributed by atoms with Crippen LogP contribution in [0.5, 0.6) is 0 Å². The van der Waals surface area contributed by atoms with Gasteiger partial charge in [0.25, 0.3) is 0 Å². The highest BCUT2D eigenvalue weighted by molar-refractivity contribution is 6.42. The van der Waals surface area contributed by atoms with E-state index >= 15 is 0 Å². The van der Waals surface area contributed by atoms with Crippen molar-refractivity contribution in [1.82, 2.24) is 10.2 Å². The van der Waals surface area contributed by atoms with E-state index < -0.39 is 0 Å². The number of aliphatic hydroxyl groups excluding tert-OH is 1. The Morgan fingerprint density at radius 1 is 1.45 bits per heavy atom. The predicted octanol–water partition coefficient (Wildman–Crippen LogP) is 2.38. The molecule has 1 aliphatic heterocycles. The Morgan fingerprint density at radius 2 is 2.27 bits per heavy atom. The van der Waals surface area contributed by atoms with Gasteiger partial charge in [-0.15, -0.1) is 0 Å². The van der Waals surface area contributed by atoms with Gasteiger partial charge in [0.05, 0.1) is 41.9 Å². The Morgan fingerprint density at radius 3 is 3.05 bits per heavy atom. The van der Waals surface area contributed by atoms with Crippen LogP contribution < -0.4 is 5.32 Å². The van der Waals surface area contributed by atoms with Crippen molar-refractivity contribution in [2.24, 2.45) is 0 Å². The summed E-state index contributed by atoms with van der Waals surface area (Å²) >= 11 is 12.3. The molecule has 2 N–H and O–H groups in total. The number of benzene rings is 1. The molecular formula is C15H18Cl2N2O3. The molecule has 1 aromatic carbocycles. The van der Waals surface area contributed by atoms with E-state index in [1.807, 2.05) is 6.07 Å². The third kappa shape index (κ3) is 3.04. The normalized spacial score (nSPS) is 24.2. The molecule has 0 unspecified atom stereocenters. The molecule has 120 valence electrons. The lowest BCUT2D eigenvalue weighted by molar-refractivity contribution is -0.0405. The number of morpholine rings is 1. The van der Waals surface area contributed by atoms with Crippen molar-refractivity contribution in [3.05, 3.63) is 33.3 Å². The number of nitrogens with zero attached hydrogens (tertiary/aromatic N) is 1. The average Bonchev–Trinajstić information content (AvgIpc) is 2.94. The molecule has 1 fully saturated rings. The Labute approximate surface area is 139 Å². The molecule has 1 heterocycles. The zero-order chi connectivity index (χ0) is 15.7. The van der Waals surface area contributed by atoms with Gasteiger partial charge in [-0.05, 0) is 30.0 Å². The molecule has 0 bridgehead atoms. The van der Waals surface area contributed by atoms with E-state index in [9.17, 15) is 4.79 Å². The van der Waals surface area contributed by atoms with E-state index in [1.54, 1.807) is 11.0 Å². The van der Waals surface area contributed by atoms with Crippen molar-refractivity contribution < 1.29 is 14.6 Å². The molecule has 2 amide bonds. The van der Waals surface area contributed by atoms with Gasteiger partial charge in [0.1, 0.15) is 0 Å². The number of fused-ring (bicyclic) bond motifs is 1. The Kier molecular flexibility index (Phi) is 4.78. The van der Waals surface area contributed by atoms with Crippen LogP contribution in [0.15, 0.2) is 12.1 Å². The fraction of sp³-hybridized carbons (Fsp3) is 0.533. The van der Waals surface area contributed by atoms with Crippen LogP contribution in [0.3, 0.4) is 0 Å². The summed E-state index contributed by atoms with van der Waals surface area (Å²) in [6.07, 6.45) is 1.32. The second kappa shape index (κ2) is 6.62. The Balaban J connectivity index is 1.68. The summed E-state index contributed by atoms with van der Waals surface area (Å²) in [6, 6.07) is 3.51. The van der Waals surface area contributed by atoms with Gasteiger partial charge in [-0.3, -0.25) is 0 Å². The summed E-state index contributed by atoms with van der Waals surface area (Å²) in [7, 11) is 0. The van der Waals surface area contributed by atoms with E-state index in [-0.39, 0.29) is 24.8 Å². The van der Waals surface area contributed by atoms with Crippen LogP contribution in [0.4, 0.5) is 4.79 Å². The number of rotatable bonds is 2. The van der Waals surface area contributed by atoms with E-state index in [0.717, 1.165) is 24.0 Å². The number of amides is 2. The van der Waals surface area contributed by atoms with Gasteiger partial charge in [0.15, 0.2) is 0 Å². The highest BCUT2D eigenvalue weighted by atomic mass is 35.5. The minimum absolute atomic E-state index is 0.0484. The Bertz CT molecular complexity index is 582. The quantitative estimate of drug-likeness (QED) is 0.865. The number of aliphatic hydroxyl groups is 1. The maximum absolute atomic E-state index is 12.4. The van der Waals surface area contributed by atoms with Crippen LogP contribution in [-0.4, -0.2) is 48.4 Å². The molecular weight excluding hydrogens is 327 g/mol. The van der Waals surface area contributed by atoms with Crippen molar-refractivity contribution in [2.45, 2.75) is 25.0 Å². The average molecular weight is 345 g/mol. The second-order valence-corrected chi connectivity index (χ2v) is 6.38. The minimum Gasteiger partial charge on any atom is -0.394 e. The number of urea groups is 1. The topological polar surface area (TPSA) is 61.8 Å². The smallest absolute Gasteiger partial charge is 0.318 e. The first kappa shape index (κ1) is 15.9.